The number of hydrogen-bond donors (Lipinski definition) is 1. The van der Waals surface area contributed by atoms with Crippen molar-refractivity contribution in [2.75, 3.05) is 12.3 Å². The van der Waals surface area contributed by atoms with Gasteiger partial charge in [-0.25, -0.2) is 0 Å². The lowest BCUT2D eigenvalue weighted by Crippen LogP contribution is -2.50. The molecule has 2 fully saturated rings. The minimum Gasteiger partial charge on any atom is -0.374 e. The van der Waals surface area contributed by atoms with Gasteiger partial charge in [-0.3, -0.25) is 0 Å². The predicted octanol–water partition coefficient (Wildman–Crippen LogP) is 1.65. The monoisotopic (exact) mass is 201 g/mol. The van der Waals surface area contributed by atoms with Gasteiger partial charge in [0.1, 0.15) is 0 Å². The van der Waals surface area contributed by atoms with E-state index >= 15 is 0 Å². The normalized spacial score (nSPS) is 46.6. The van der Waals surface area contributed by atoms with Crippen LogP contribution < -0.4 is 5.32 Å². The molecule has 2 saturated heterocycles. The number of fused-ring (bicyclic) bond motifs is 1. The highest BCUT2D eigenvalue weighted by molar-refractivity contribution is 8.00. The molecule has 2 heterocycles. The molecule has 0 radical (unpaired) electrons. The lowest BCUT2D eigenvalue weighted by atomic mass is 9.99. The van der Waals surface area contributed by atoms with E-state index < -0.39 is 0 Å². The third kappa shape index (κ3) is 2.20. The molecule has 2 aliphatic rings. The summed E-state index contributed by atoms with van der Waals surface area (Å²) in [5.41, 5.74) is 0. The molecule has 2 aliphatic heterocycles. The van der Waals surface area contributed by atoms with Crippen molar-refractivity contribution in [1.29, 1.82) is 0 Å². The summed E-state index contributed by atoms with van der Waals surface area (Å²) in [7, 11) is 0. The van der Waals surface area contributed by atoms with Gasteiger partial charge in [-0.15, -0.1) is 0 Å². The second kappa shape index (κ2) is 4.20. The average molecular weight is 201 g/mol. The smallest absolute Gasteiger partial charge is 0.0684 e. The van der Waals surface area contributed by atoms with Crippen molar-refractivity contribution in [3.8, 4) is 0 Å². The average Bonchev–Trinajstić information content (AvgIpc) is 2.28. The molecular weight excluding hydrogens is 182 g/mol. The van der Waals surface area contributed by atoms with Gasteiger partial charge in [0, 0.05) is 11.3 Å². The Morgan fingerprint density at radius 1 is 1.38 bits per heavy atom. The highest BCUT2D eigenvalue weighted by Crippen LogP contribution is 2.31. The minimum atomic E-state index is 0.421. The van der Waals surface area contributed by atoms with Crippen LogP contribution >= 0.6 is 11.8 Å². The lowest BCUT2D eigenvalue weighted by molar-refractivity contribution is -0.0366. The van der Waals surface area contributed by atoms with Crippen LogP contribution in [-0.4, -0.2) is 35.8 Å². The number of hydrogen-bond acceptors (Lipinski definition) is 3. The van der Waals surface area contributed by atoms with E-state index in [4.69, 9.17) is 4.74 Å². The lowest BCUT2D eigenvalue weighted by Gasteiger charge is -2.38. The third-order valence-corrected chi connectivity index (χ3v) is 4.55. The minimum absolute atomic E-state index is 0.421. The first-order valence-corrected chi connectivity index (χ1v) is 6.32. The molecule has 4 unspecified atom stereocenters. The maximum atomic E-state index is 5.85. The van der Waals surface area contributed by atoms with E-state index in [1.54, 1.807) is 0 Å². The molecule has 1 N–H and O–H groups in total. The van der Waals surface area contributed by atoms with E-state index in [1.165, 1.54) is 25.1 Å². The Morgan fingerprint density at radius 3 is 3.08 bits per heavy atom. The van der Waals surface area contributed by atoms with Gasteiger partial charge in [0.05, 0.1) is 12.2 Å². The van der Waals surface area contributed by atoms with Crippen LogP contribution in [0.25, 0.3) is 0 Å². The van der Waals surface area contributed by atoms with Crippen LogP contribution in [0.3, 0.4) is 0 Å². The Hall–Kier alpha value is 0.270. The summed E-state index contributed by atoms with van der Waals surface area (Å²) in [6, 6.07) is 0.686. The van der Waals surface area contributed by atoms with Crippen LogP contribution in [0.15, 0.2) is 0 Å². The van der Waals surface area contributed by atoms with Crippen molar-refractivity contribution < 1.29 is 4.74 Å². The van der Waals surface area contributed by atoms with Crippen molar-refractivity contribution in [2.45, 2.75) is 50.2 Å². The number of ether oxygens (including phenoxy) is 1. The summed E-state index contributed by atoms with van der Waals surface area (Å²) >= 11 is 2.09. The number of rotatable bonds is 0. The van der Waals surface area contributed by atoms with Crippen molar-refractivity contribution in [3.63, 3.8) is 0 Å². The fourth-order valence-corrected chi connectivity index (χ4v) is 3.71. The molecule has 0 aromatic rings. The van der Waals surface area contributed by atoms with Crippen molar-refractivity contribution in [1.82, 2.24) is 5.32 Å². The largest absolute Gasteiger partial charge is 0.374 e. The topological polar surface area (TPSA) is 21.3 Å². The zero-order valence-corrected chi connectivity index (χ0v) is 9.27. The van der Waals surface area contributed by atoms with Crippen LogP contribution in [0, 0.1) is 0 Å². The zero-order chi connectivity index (χ0) is 9.26. The van der Waals surface area contributed by atoms with Gasteiger partial charge in [0.25, 0.3) is 0 Å². The van der Waals surface area contributed by atoms with Gasteiger partial charge < -0.3 is 10.1 Å². The molecular formula is C10H19NOS. The first-order valence-electron chi connectivity index (χ1n) is 5.28. The fraction of sp³-hybridized carbons (Fsp3) is 1.00. The summed E-state index contributed by atoms with van der Waals surface area (Å²) < 4.78 is 5.85. The molecule has 4 atom stereocenters. The summed E-state index contributed by atoms with van der Waals surface area (Å²) in [6.07, 6.45) is 3.34. The van der Waals surface area contributed by atoms with E-state index in [1.807, 2.05) is 0 Å². The third-order valence-electron chi connectivity index (χ3n) is 2.93. The van der Waals surface area contributed by atoms with Gasteiger partial charge in [-0.05, 0) is 39.0 Å². The molecule has 0 aliphatic carbocycles. The van der Waals surface area contributed by atoms with Gasteiger partial charge in [0.2, 0.25) is 0 Å². The van der Waals surface area contributed by atoms with Gasteiger partial charge in [-0.1, -0.05) is 0 Å². The van der Waals surface area contributed by atoms with Crippen LogP contribution in [0.5, 0.6) is 0 Å². The van der Waals surface area contributed by atoms with E-state index in [0.29, 0.717) is 23.5 Å². The molecule has 0 aromatic heterocycles. The Bertz CT molecular complexity index is 176. The van der Waals surface area contributed by atoms with E-state index in [9.17, 15) is 0 Å². The second-order valence-corrected chi connectivity index (χ2v) is 5.42. The quantitative estimate of drug-likeness (QED) is 0.644. The SMILES string of the molecule is CC1CC2NCCCSC2C(C)O1. The molecule has 0 aromatic carbocycles. The van der Waals surface area contributed by atoms with Crippen molar-refractivity contribution >= 4 is 11.8 Å². The number of nitrogens with one attached hydrogen (secondary N) is 1. The summed E-state index contributed by atoms with van der Waals surface area (Å²) in [6.45, 7) is 5.59. The van der Waals surface area contributed by atoms with Crippen LogP contribution in [0.4, 0.5) is 0 Å². The Labute approximate surface area is 84.8 Å². The van der Waals surface area contributed by atoms with E-state index in [0.717, 1.165) is 0 Å². The highest BCUT2D eigenvalue weighted by Gasteiger charge is 2.35. The van der Waals surface area contributed by atoms with Gasteiger partial charge >= 0.3 is 0 Å². The molecule has 76 valence electrons. The van der Waals surface area contributed by atoms with Crippen LogP contribution in [0.1, 0.15) is 26.7 Å². The zero-order valence-electron chi connectivity index (χ0n) is 8.45. The molecule has 0 bridgehead atoms. The Kier molecular flexibility index (Phi) is 3.17. The maximum absolute atomic E-state index is 5.85. The molecule has 2 nitrogen and oxygen atoms in total. The molecule has 0 spiro atoms. The Morgan fingerprint density at radius 2 is 2.23 bits per heavy atom. The summed E-state index contributed by atoms with van der Waals surface area (Å²) in [5, 5.41) is 4.32. The Balaban J connectivity index is 2.03. The first kappa shape index (κ1) is 9.81. The molecule has 13 heavy (non-hydrogen) atoms. The maximum Gasteiger partial charge on any atom is 0.0684 e. The molecule has 3 heteroatoms. The van der Waals surface area contributed by atoms with Crippen molar-refractivity contribution in [3.05, 3.63) is 0 Å². The highest BCUT2D eigenvalue weighted by atomic mass is 32.2. The van der Waals surface area contributed by atoms with E-state index in [2.05, 4.69) is 30.9 Å². The van der Waals surface area contributed by atoms with Gasteiger partial charge in [-0.2, -0.15) is 11.8 Å². The molecule has 0 amide bonds. The molecule has 2 rings (SSSR count). The second-order valence-electron chi connectivity index (χ2n) is 4.14. The van der Waals surface area contributed by atoms with Crippen LogP contribution in [0.2, 0.25) is 0 Å². The van der Waals surface area contributed by atoms with E-state index in [-0.39, 0.29) is 0 Å². The fourth-order valence-electron chi connectivity index (χ4n) is 2.35. The standard InChI is InChI=1S/C10H19NOS/c1-7-6-9-10(8(2)12-7)13-5-3-4-11-9/h7-11H,3-6H2,1-2H3. The van der Waals surface area contributed by atoms with Crippen LogP contribution in [-0.2, 0) is 4.74 Å². The summed E-state index contributed by atoms with van der Waals surface area (Å²) in [4.78, 5) is 0. The predicted molar refractivity (Wildman–Crippen MR) is 57.3 cm³/mol. The molecule has 0 saturated carbocycles. The van der Waals surface area contributed by atoms with Gasteiger partial charge in [0.15, 0.2) is 0 Å². The van der Waals surface area contributed by atoms with Crippen molar-refractivity contribution in [2.24, 2.45) is 0 Å². The number of thioether (sulfide) groups is 1. The first-order chi connectivity index (χ1) is 6.27. The summed E-state index contributed by atoms with van der Waals surface area (Å²) in [5.74, 6) is 1.29.